The van der Waals surface area contributed by atoms with Gasteiger partial charge in [-0.1, -0.05) is 6.07 Å². The van der Waals surface area contributed by atoms with E-state index in [1.165, 1.54) is 12.1 Å². The third kappa shape index (κ3) is 2.13. The van der Waals surface area contributed by atoms with Gasteiger partial charge < -0.3 is 10.2 Å². The number of phenols is 2. The van der Waals surface area contributed by atoms with Gasteiger partial charge in [0.25, 0.3) is 0 Å². The van der Waals surface area contributed by atoms with E-state index >= 15 is 0 Å². The topological polar surface area (TPSA) is 74.6 Å². The average Bonchev–Trinajstić information content (AvgIpc) is 1.94. The second-order valence-corrected chi connectivity index (χ2v) is 3.29. The van der Waals surface area contributed by atoms with Crippen molar-refractivity contribution in [2.24, 2.45) is 0 Å². The first-order chi connectivity index (χ1) is 5.59. The van der Waals surface area contributed by atoms with Crippen LogP contribution in [0, 0.1) is 0 Å². The van der Waals surface area contributed by atoms with Crippen LogP contribution in [0.1, 0.15) is 5.56 Å². The Hall–Kier alpha value is -1.23. The molecular weight excluding hydrogens is 180 g/mol. The number of thiol groups is 1. The van der Waals surface area contributed by atoms with E-state index in [0.717, 1.165) is 6.07 Å². The van der Waals surface area contributed by atoms with Crippen molar-refractivity contribution in [3.63, 3.8) is 0 Å². The molecule has 0 aliphatic carbocycles. The Morgan fingerprint density at radius 3 is 2.42 bits per heavy atom. The third-order valence-corrected chi connectivity index (χ3v) is 1.97. The molecule has 0 aliphatic rings. The number of benzene rings is 1. The number of hydrogen-bond donors (Lipinski definition) is 3. The minimum Gasteiger partial charge on any atom is -0.508 e. The van der Waals surface area contributed by atoms with E-state index in [-0.39, 0.29) is 17.3 Å². The Labute approximate surface area is 71.0 Å². The average molecular weight is 188 g/mol. The highest BCUT2D eigenvalue weighted by Crippen LogP contribution is 2.22. The maximum atomic E-state index is 10.3. The monoisotopic (exact) mass is 188 g/mol. The van der Waals surface area contributed by atoms with Gasteiger partial charge in [0.05, 0.1) is 5.75 Å². The third-order valence-electron chi connectivity index (χ3n) is 1.37. The van der Waals surface area contributed by atoms with Crippen molar-refractivity contribution in [3.05, 3.63) is 23.8 Å². The van der Waals surface area contributed by atoms with Gasteiger partial charge in [-0.15, -0.1) is 0 Å². The zero-order valence-electron chi connectivity index (χ0n) is 6.10. The Balaban J connectivity index is 3.01. The molecule has 0 aromatic heterocycles. The van der Waals surface area contributed by atoms with Crippen LogP contribution in [0.4, 0.5) is 0 Å². The van der Waals surface area contributed by atoms with Crippen molar-refractivity contribution in [1.29, 1.82) is 0 Å². The van der Waals surface area contributed by atoms with Gasteiger partial charge in [0.1, 0.15) is 22.2 Å². The van der Waals surface area contributed by atoms with Crippen LogP contribution in [0.25, 0.3) is 0 Å². The molecule has 0 amide bonds. The first kappa shape index (κ1) is 8.86. The summed E-state index contributed by atoms with van der Waals surface area (Å²) in [5, 5.41) is 18.0. The molecule has 5 heteroatoms. The molecule has 0 saturated carbocycles. The summed E-state index contributed by atoms with van der Waals surface area (Å²) >= 11 is 0. The summed E-state index contributed by atoms with van der Waals surface area (Å²) in [4.78, 5) is 0. The van der Waals surface area contributed by atoms with Gasteiger partial charge in [0.15, 0.2) is 0 Å². The van der Waals surface area contributed by atoms with Crippen LogP contribution in [0.5, 0.6) is 11.5 Å². The molecule has 0 aliphatic heterocycles. The van der Waals surface area contributed by atoms with E-state index in [1.54, 1.807) is 0 Å². The number of aromatic hydroxyl groups is 2. The van der Waals surface area contributed by atoms with Gasteiger partial charge in [-0.25, -0.2) is 8.42 Å². The fraction of sp³-hybridized carbons (Fsp3) is 0.143. The van der Waals surface area contributed by atoms with Crippen LogP contribution < -0.4 is 0 Å². The van der Waals surface area contributed by atoms with Crippen molar-refractivity contribution in [2.45, 2.75) is 5.75 Å². The van der Waals surface area contributed by atoms with Gasteiger partial charge in [-0.05, 0) is 6.07 Å². The lowest BCUT2D eigenvalue weighted by Crippen LogP contribution is -1.86. The van der Waals surface area contributed by atoms with Gasteiger partial charge in [0, 0.05) is 11.6 Å². The number of rotatable bonds is 2. The van der Waals surface area contributed by atoms with Crippen LogP contribution in [0.3, 0.4) is 0 Å². The van der Waals surface area contributed by atoms with E-state index in [4.69, 9.17) is 10.2 Å². The summed E-state index contributed by atoms with van der Waals surface area (Å²) < 4.78 is 20.5. The summed E-state index contributed by atoms with van der Waals surface area (Å²) in [5.41, 5.74) is 0.295. The molecule has 0 saturated heterocycles. The smallest absolute Gasteiger partial charge is 0.144 e. The normalized spacial score (nSPS) is 10.4. The summed E-state index contributed by atoms with van der Waals surface area (Å²) in [6.45, 7) is 0. The molecule has 0 unspecified atom stereocenters. The van der Waals surface area contributed by atoms with Crippen molar-refractivity contribution in [1.82, 2.24) is 0 Å². The second kappa shape index (κ2) is 3.44. The molecule has 0 atom stereocenters. The highest BCUT2D eigenvalue weighted by atomic mass is 32.2. The molecule has 1 rings (SSSR count). The van der Waals surface area contributed by atoms with Crippen LogP contribution in [-0.2, 0) is 16.5 Å². The highest BCUT2D eigenvalue weighted by Gasteiger charge is 2.02. The molecule has 0 heterocycles. The first-order valence-electron chi connectivity index (χ1n) is 3.22. The quantitative estimate of drug-likeness (QED) is 0.580. The maximum Gasteiger partial charge on any atom is 0.144 e. The SMILES string of the molecule is O=[SH](=O)Cc1ccc(O)cc1O. The van der Waals surface area contributed by atoms with E-state index < -0.39 is 10.7 Å². The minimum absolute atomic E-state index is 0.0858. The second-order valence-electron chi connectivity index (χ2n) is 2.30. The van der Waals surface area contributed by atoms with Crippen molar-refractivity contribution in [3.8, 4) is 11.5 Å². The lowest BCUT2D eigenvalue weighted by atomic mass is 10.2. The number of phenolic OH excluding ortho intramolecular Hbond substituents is 2. The van der Waals surface area contributed by atoms with Crippen LogP contribution >= 0.6 is 0 Å². The van der Waals surface area contributed by atoms with E-state index in [0.29, 0.717) is 5.56 Å². The molecule has 0 spiro atoms. The maximum absolute atomic E-state index is 10.3. The minimum atomic E-state index is -2.54. The van der Waals surface area contributed by atoms with Crippen molar-refractivity contribution >= 4 is 10.7 Å². The largest absolute Gasteiger partial charge is 0.508 e. The van der Waals surface area contributed by atoms with Crippen LogP contribution in [0.2, 0.25) is 0 Å². The van der Waals surface area contributed by atoms with E-state index in [2.05, 4.69) is 0 Å². The highest BCUT2D eigenvalue weighted by molar-refractivity contribution is 7.71. The molecule has 12 heavy (non-hydrogen) atoms. The van der Waals surface area contributed by atoms with Gasteiger partial charge in [-0.2, -0.15) is 0 Å². The predicted octanol–water partition coefficient (Wildman–Crippen LogP) is 0.209. The summed E-state index contributed by atoms with van der Waals surface area (Å²) in [6, 6.07) is 3.80. The van der Waals surface area contributed by atoms with E-state index in [1.807, 2.05) is 0 Å². The Morgan fingerprint density at radius 1 is 1.25 bits per heavy atom. The molecule has 2 N–H and O–H groups in total. The molecular formula is C7H8O4S. The molecule has 0 bridgehead atoms. The van der Waals surface area contributed by atoms with Crippen molar-refractivity contribution < 1.29 is 18.6 Å². The van der Waals surface area contributed by atoms with Crippen molar-refractivity contribution in [2.75, 3.05) is 0 Å². The molecule has 1 aromatic carbocycles. The van der Waals surface area contributed by atoms with Crippen LogP contribution in [0.15, 0.2) is 18.2 Å². The summed E-state index contributed by atoms with van der Waals surface area (Å²) in [6.07, 6.45) is 0. The van der Waals surface area contributed by atoms with Crippen LogP contribution in [-0.4, -0.2) is 18.6 Å². The molecule has 0 fully saturated rings. The Morgan fingerprint density at radius 2 is 1.92 bits per heavy atom. The lowest BCUT2D eigenvalue weighted by Gasteiger charge is -1.99. The standard InChI is InChI=1S/C7H8O4S/c8-6-2-1-5(4-12(10)11)7(9)3-6/h1-3,8-9,12H,4H2. The summed E-state index contributed by atoms with van der Waals surface area (Å²) in [5.74, 6) is -0.492. The van der Waals surface area contributed by atoms with E-state index in [9.17, 15) is 8.42 Å². The predicted molar refractivity (Wildman–Crippen MR) is 43.8 cm³/mol. The molecule has 0 radical (unpaired) electrons. The zero-order chi connectivity index (χ0) is 9.14. The van der Waals surface area contributed by atoms with Gasteiger partial charge >= 0.3 is 0 Å². The fourth-order valence-electron chi connectivity index (χ4n) is 0.825. The molecule has 4 nitrogen and oxygen atoms in total. The lowest BCUT2D eigenvalue weighted by molar-refractivity contribution is 0.447. The molecule has 66 valence electrons. The zero-order valence-corrected chi connectivity index (χ0v) is 6.99. The first-order valence-corrected chi connectivity index (χ1v) is 4.58. The van der Waals surface area contributed by atoms with Gasteiger partial charge in [-0.3, -0.25) is 0 Å². The Bertz CT molecular complexity index is 348. The molecule has 1 aromatic rings. The summed E-state index contributed by atoms with van der Waals surface area (Å²) in [7, 11) is -2.54. The number of hydrogen-bond acceptors (Lipinski definition) is 4. The fourth-order valence-corrected chi connectivity index (χ4v) is 1.37. The van der Waals surface area contributed by atoms with Gasteiger partial charge in [0.2, 0.25) is 0 Å². The Kier molecular flexibility index (Phi) is 2.54.